The van der Waals surface area contributed by atoms with Gasteiger partial charge in [-0.2, -0.15) is 0 Å². The van der Waals surface area contributed by atoms with Gasteiger partial charge in [0.2, 0.25) is 11.8 Å². The van der Waals surface area contributed by atoms with Crippen LogP contribution in [-0.2, 0) is 25.5 Å². The second-order valence-electron chi connectivity index (χ2n) is 17.3. The molecule has 3 amide bonds. The van der Waals surface area contributed by atoms with Crippen molar-refractivity contribution in [1.82, 2.24) is 25.4 Å². The third kappa shape index (κ3) is 15.1. The van der Waals surface area contributed by atoms with Gasteiger partial charge in [-0.3, -0.25) is 24.1 Å². The summed E-state index contributed by atoms with van der Waals surface area (Å²) in [5.74, 6) is -1.51. The number of piperidine rings is 1. The quantitative estimate of drug-likeness (QED) is 0.0622. The zero-order chi connectivity index (χ0) is 43.7. The number of carbonyl (C=O) groups is 4. The van der Waals surface area contributed by atoms with Gasteiger partial charge in [0.25, 0.3) is 5.91 Å². The maximum absolute atomic E-state index is 15.0. The number of benzene rings is 1. The van der Waals surface area contributed by atoms with Crippen molar-refractivity contribution in [2.75, 3.05) is 32.8 Å². The Balaban J connectivity index is 1.91. The summed E-state index contributed by atoms with van der Waals surface area (Å²) in [7, 11) is 0. The van der Waals surface area contributed by atoms with Gasteiger partial charge in [0.05, 0.1) is 11.5 Å². The lowest BCUT2D eigenvalue weighted by Gasteiger charge is -2.40. The second kappa shape index (κ2) is 24.6. The normalized spacial score (nSPS) is 17.5. The Labute approximate surface area is 357 Å². The summed E-state index contributed by atoms with van der Waals surface area (Å²) in [4.78, 5) is 63.7. The molecular weight excluding hydrogens is 769 g/mol. The predicted octanol–water partition coefficient (Wildman–Crippen LogP) is 6.94. The minimum absolute atomic E-state index is 0.0423. The third-order valence-electron chi connectivity index (χ3n) is 11.8. The molecule has 0 radical (unpaired) electrons. The molecule has 2 heterocycles. The van der Waals surface area contributed by atoms with E-state index in [-0.39, 0.29) is 53.6 Å². The minimum atomic E-state index is -1.11. The van der Waals surface area contributed by atoms with Crippen LogP contribution in [-0.4, -0.2) is 106 Å². The first-order chi connectivity index (χ1) is 28.1. The number of amides is 3. The number of phenolic OH excluding ortho intramolecular Hbond substituents is 1. The number of hydrogen-bond acceptors (Lipinski definition) is 10. The van der Waals surface area contributed by atoms with Crippen molar-refractivity contribution in [1.29, 1.82) is 0 Å². The largest absolute Gasteiger partial charge is 0.508 e. The lowest BCUT2D eigenvalue weighted by molar-refractivity contribution is -0.147. The highest BCUT2D eigenvalue weighted by Crippen LogP contribution is 2.32. The van der Waals surface area contributed by atoms with E-state index < -0.39 is 35.5 Å². The van der Waals surface area contributed by atoms with E-state index in [9.17, 15) is 29.4 Å². The Kier molecular flexibility index (Phi) is 20.8. The maximum Gasteiger partial charge on any atom is 0.309 e. The number of phenols is 1. The molecule has 0 unspecified atom stereocenters. The molecule has 6 N–H and O–H groups in total. The van der Waals surface area contributed by atoms with Crippen LogP contribution < -0.4 is 16.4 Å². The molecule has 332 valence electrons. The fraction of sp³-hybridized carbons (Fsp3) is 0.711. The summed E-state index contributed by atoms with van der Waals surface area (Å²) in [6, 6.07) is 4.87. The molecule has 1 saturated heterocycles. The van der Waals surface area contributed by atoms with Crippen LogP contribution in [0.4, 0.5) is 0 Å². The number of thiazole rings is 1. The lowest BCUT2D eigenvalue weighted by atomic mass is 9.84. The van der Waals surface area contributed by atoms with Gasteiger partial charge in [-0.1, -0.05) is 78.9 Å². The molecule has 1 aromatic heterocycles. The van der Waals surface area contributed by atoms with E-state index >= 15 is 0 Å². The van der Waals surface area contributed by atoms with Crippen LogP contribution in [0.15, 0.2) is 29.6 Å². The standard InChI is InChI=1S/C45H74N6O7S/c1-9-12-13-15-24-51(43(55)39(31(6)10-2)49-41(54)36-17-14-16-23-50(36)25-22-46)37(30(4)5)27-38(58-11-3)42-48-35(29-59-42)40(53)47-33(28-45(7,8)44(56)57)26-32-18-20-34(52)21-19-32/h18-21,29-31,33,36-39,52H,9-17,22-28,46H2,1-8H3,(H,47,53)(H,49,54)(H,56,57)/t31-,33-,36+,37+,38+,39-/m0/s1. The van der Waals surface area contributed by atoms with Gasteiger partial charge in [-0.05, 0) is 89.0 Å². The summed E-state index contributed by atoms with van der Waals surface area (Å²) in [6.45, 7) is 18.5. The number of ether oxygens (including phenoxy) is 1. The Morgan fingerprint density at radius 1 is 1.05 bits per heavy atom. The summed E-state index contributed by atoms with van der Waals surface area (Å²) in [6.07, 6.45) is 7.88. The lowest BCUT2D eigenvalue weighted by Crippen LogP contribution is -2.59. The van der Waals surface area contributed by atoms with E-state index in [1.807, 2.05) is 25.7 Å². The van der Waals surface area contributed by atoms with E-state index in [1.165, 1.54) is 11.3 Å². The van der Waals surface area contributed by atoms with Gasteiger partial charge in [-0.15, -0.1) is 11.3 Å². The van der Waals surface area contributed by atoms with Gasteiger partial charge in [0.15, 0.2) is 0 Å². The average molecular weight is 843 g/mol. The number of nitrogens with two attached hydrogens (primary N) is 1. The van der Waals surface area contributed by atoms with Gasteiger partial charge >= 0.3 is 5.97 Å². The van der Waals surface area contributed by atoms with E-state index in [0.717, 1.165) is 63.5 Å². The van der Waals surface area contributed by atoms with Crippen LogP contribution in [0.5, 0.6) is 5.75 Å². The van der Waals surface area contributed by atoms with E-state index in [2.05, 4.69) is 36.3 Å². The SMILES string of the molecule is CCCCCCN(C(=O)[C@@H](NC(=O)[C@H]1CCCCN1CCN)[C@@H](C)CC)[C@H](C[C@@H](OCC)c1nc(C(=O)N[C@@H](Cc2ccc(O)cc2)CC(C)(C)C(=O)O)cs1)C(C)C. The molecule has 14 heteroatoms. The predicted molar refractivity (Wildman–Crippen MR) is 234 cm³/mol. The molecule has 1 fully saturated rings. The molecular formula is C45H74N6O7S. The van der Waals surface area contributed by atoms with Crippen LogP contribution in [0.25, 0.3) is 0 Å². The summed E-state index contributed by atoms with van der Waals surface area (Å²) < 4.78 is 6.35. The third-order valence-corrected chi connectivity index (χ3v) is 12.7. The van der Waals surface area contributed by atoms with Crippen LogP contribution in [0.1, 0.15) is 147 Å². The monoisotopic (exact) mass is 843 g/mol. The second-order valence-corrected chi connectivity index (χ2v) is 18.2. The van der Waals surface area contributed by atoms with Crippen molar-refractivity contribution in [3.05, 3.63) is 45.9 Å². The number of rotatable bonds is 26. The Morgan fingerprint density at radius 2 is 1.76 bits per heavy atom. The fourth-order valence-corrected chi connectivity index (χ4v) is 8.85. The van der Waals surface area contributed by atoms with E-state index in [0.29, 0.717) is 44.1 Å². The summed E-state index contributed by atoms with van der Waals surface area (Å²) in [5, 5.41) is 28.3. The van der Waals surface area contributed by atoms with Crippen LogP contribution in [0.3, 0.4) is 0 Å². The molecule has 13 nitrogen and oxygen atoms in total. The number of aromatic hydroxyl groups is 1. The number of likely N-dealkylation sites (tertiary alicyclic amines) is 1. The molecule has 3 rings (SSSR count). The van der Waals surface area contributed by atoms with Crippen LogP contribution >= 0.6 is 11.3 Å². The zero-order valence-electron chi connectivity index (χ0n) is 37.0. The van der Waals surface area contributed by atoms with Crippen LogP contribution in [0.2, 0.25) is 0 Å². The average Bonchev–Trinajstić information content (AvgIpc) is 3.70. The van der Waals surface area contributed by atoms with Crippen LogP contribution in [0, 0.1) is 17.3 Å². The number of nitrogens with one attached hydrogen (secondary N) is 2. The molecule has 1 aromatic carbocycles. The number of carboxylic acid groups (broad SMARTS) is 1. The fourth-order valence-electron chi connectivity index (χ4n) is 7.99. The van der Waals surface area contributed by atoms with Crippen molar-refractivity contribution >= 4 is 35.0 Å². The Bertz CT molecular complexity index is 1600. The molecule has 0 saturated carbocycles. The number of hydrogen-bond donors (Lipinski definition) is 5. The highest BCUT2D eigenvalue weighted by Gasteiger charge is 2.39. The molecule has 1 aliphatic heterocycles. The van der Waals surface area contributed by atoms with Crippen molar-refractivity contribution in [3.8, 4) is 5.75 Å². The molecule has 0 bridgehead atoms. The number of aromatic nitrogens is 1. The van der Waals surface area contributed by atoms with E-state index in [4.69, 9.17) is 15.5 Å². The number of carboxylic acids is 1. The smallest absolute Gasteiger partial charge is 0.309 e. The van der Waals surface area contributed by atoms with Gasteiger partial charge in [0.1, 0.15) is 28.6 Å². The minimum Gasteiger partial charge on any atom is -0.508 e. The topological polar surface area (TPSA) is 187 Å². The van der Waals surface area contributed by atoms with E-state index in [1.54, 1.807) is 43.5 Å². The highest BCUT2D eigenvalue weighted by molar-refractivity contribution is 7.09. The number of carbonyl (C=O) groups excluding carboxylic acids is 3. The first-order valence-electron chi connectivity index (χ1n) is 22.0. The van der Waals surface area contributed by atoms with Crippen molar-refractivity contribution in [2.45, 2.75) is 156 Å². The zero-order valence-corrected chi connectivity index (χ0v) is 37.8. The molecule has 0 spiro atoms. The van der Waals surface area contributed by atoms with Crippen molar-refractivity contribution in [2.24, 2.45) is 23.0 Å². The van der Waals surface area contributed by atoms with Crippen molar-refractivity contribution in [3.63, 3.8) is 0 Å². The molecule has 2 aromatic rings. The molecule has 59 heavy (non-hydrogen) atoms. The Morgan fingerprint density at radius 3 is 2.37 bits per heavy atom. The van der Waals surface area contributed by atoms with Gasteiger partial charge in [0, 0.05) is 50.1 Å². The number of unbranched alkanes of at least 4 members (excludes halogenated alkanes) is 3. The first-order valence-corrected chi connectivity index (χ1v) is 22.9. The van der Waals surface area contributed by atoms with Crippen molar-refractivity contribution < 1.29 is 34.1 Å². The molecule has 1 aliphatic rings. The number of aliphatic carboxylic acids is 1. The summed E-state index contributed by atoms with van der Waals surface area (Å²) in [5.41, 5.74) is 5.86. The number of nitrogens with zero attached hydrogens (tertiary/aromatic N) is 3. The summed E-state index contributed by atoms with van der Waals surface area (Å²) >= 11 is 1.33. The molecule has 0 aliphatic carbocycles. The highest BCUT2D eigenvalue weighted by atomic mass is 32.1. The first kappa shape index (κ1) is 49.8. The van der Waals surface area contributed by atoms with Gasteiger partial charge in [-0.25, -0.2) is 4.98 Å². The maximum atomic E-state index is 15.0. The molecule has 6 atom stereocenters. The van der Waals surface area contributed by atoms with Gasteiger partial charge < -0.3 is 36.2 Å². The Hall–Kier alpha value is -3.59.